The number of benzene rings is 2. The first-order valence-corrected chi connectivity index (χ1v) is 7.85. The van der Waals surface area contributed by atoms with Crippen molar-refractivity contribution in [1.82, 2.24) is 0 Å². The van der Waals surface area contributed by atoms with Crippen LogP contribution in [-0.4, -0.2) is 7.11 Å². The van der Waals surface area contributed by atoms with Crippen LogP contribution in [0.4, 0.5) is 4.39 Å². The Bertz CT molecular complexity index is 646. The van der Waals surface area contributed by atoms with Crippen molar-refractivity contribution in [2.45, 2.75) is 46.0 Å². The molecule has 2 aromatic carbocycles. The smallest absolute Gasteiger partial charge is 0.130 e. The van der Waals surface area contributed by atoms with E-state index in [0.29, 0.717) is 11.7 Å². The van der Waals surface area contributed by atoms with Crippen LogP contribution in [-0.2, 0) is 6.42 Å². The third-order valence-electron chi connectivity index (χ3n) is 4.25. The number of ether oxygens (including phenoxy) is 1. The average Bonchev–Trinajstić information content (AvgIpc) is 2.48. The summed E-state index contributed by atoms with van der Waals surface area (Å²) in [5.74, 6) is 1.01. The van der Waals surface area contributed by atoms with Gasteiger partial charge in [-0.1, -0.05) is 45.0 Å². The SMILES string of the molecule is COc1ccc(C(C)Cc2ccc(C)c(C(C)C)c2)c(F)c1. The Labute approximate surface area is 133 Å². The zero-order valence-electron chi connectivity index (χ0n) is 14.1. The van der Waals surface area contributed by atoms with Gasteiger partial charge in [-0.15, -0.1) is 0 Å². The topological polar surface area (TPSA) is 9.23 Å². The van der Waals surface area contributed by atoms with E-state index in [0.717, 1.165) is 12.0 Å². The second kappa shape index (κ2) is 6.95. The lowest BCUT2D eigenvalue weighted by molar-refractivity contribution is 0.410. The molecule has 0 fully saturated rings. The van der Waals surface area contributed by atoms with Gasteiger partial charge in [0, 0.05) is 6.07 Å². The van der Waals surface area contributed by atoms with Crippen molar-refractivity contribution in [1.29, 1.82) is 0 Å². The third kappa shape index (κ3) is 3.68. The van der Waals surface area contributed by atoms with Gasteiger partial charge in [0.1, 0.15) is 11.6 Å². The van der Waals surface area contributed by atoms with Gasteiger partial charge in [-0.25, -0.2) is 4.39 Å². The molecule has 0 spiro atoms. The normalized spacial score (nSPS) is 12.5. The summed E-state index contributed by atoms with van der Waals surface area (Å²) in [6, 6.07) is 11.7. The number of methoxy groups -OCH3 is 1. The summed E-state index contributed by atoms with van der Waals surface area (Å²) in [7, 11) is 1.55. The predicted octanol–water partition coefficient (Wildman–Crippen LogP) is 5.61. The molecular formula is C20H25FO. The van der Waals surface area contributed by atoms with Gasteiger partial charge in [0.05, 0.1) is 7.11 Å². The molecule has 0 aromatic heterocycles. The zero-order valence-corrected chi connectivity index (χ0v) is 14.1. The van der Waals surface area contributed by atoms with Gasteiger partial charge in [0.2, 0.25) is 0 Å². The first-order valence-electron chi connectivity index (χ1n) is 7.85. The van der Waals surface area contributed by atoms with Crippen molar-refractivity contribution in [3.8, 4) is 5.75 Å². The molecule has 2 aromatic rings. The van der Waals surface area contributed by atoms with Crippen LogP contribution in [0.25, 0.3) is 0 Å². The van der Waals surface area contributed by atoms with E-state index in [9.17, 15) is 4.39 Å². The van der Waals surface area contributed by atoms with Crippen molar-refractivity contribution >= 4 is 0 Å². The summed E-state index contributed by atoms with van der Waals surface area (Å²) in [6.07, 6.45) is 0.837. The molecule has 118 valence electrons. The monoisotopic (exact) mass is 300 g/mol. The van der Waals surface area contributed by atoms with E-state index < -0.39 is 0 Å². The summed E-state index contributed by atoms with van der Waals surface area (Å²) < 4.78 is 19.2. The van der Waals surface area contributed by atoms with Crippen LogP contribution < -0.4 is 4.74 Å². The quantitative estimate of drug-likeness (QED) is 0.697. The van der Waals surface area contributed by atoms with Crippen LogP contribution in [0.5, 0.6) is 5.75 Å². The van der Waals surface area contributed by atoms with Crippen molar-refractivity contribution < 1.29 is 9.13 Å². The number of rotatable bonds is 5. The van der Waals surface area contributed by atoms with Gasteiger partial charge >= 0.3 is 0 Å². The van der Waals surface area contributed by atoms with E-state index >= 15 is 0 Å². The highest BCUT2D eigenvalue weighted by atomic mass is 19.1. The van der Waals surface area contributed by atoms with Gasteiger partial charge < -0.3 is 4.74 Å². The second-order valence-electron chi connectivity index (χ2n) is 6.34. The van der Waals surface area contributed by atoms with Gasteiger partial charge in [-0.05, 0) is 53.5 Å². The van der Waals surface area contributed by atoms with E-state index in [-0.39, 0.29) is 11.7 Å². The van der Waals surface area contributed by atoms with Crippen LogP contribution in [0.2, 0.25) is 0 Å². The molecule has 1 nitrogen and oxygen atoms in total. The maximum atomic E-state index is 14.2. The third-order valence-corrected chi connectivity index (χ3v) is 4.25. The Balaban J connectivity index is 2.22. The van der Waals surface area contributed by atoms with Gasteiger partial charge in [-0.2, -0.15) is 0 Å². The molecular weight excluding hydrogens is 275 g/mol. The number of hydrogen-bond donors (Lipinski definition) is 0. The van der Waals surface area contributed by atoms with Crippen molar-refractivity contribution in [3.63, 3.8) is 0 Å². The maximum absolute atomic E-state index is 14.2. The Kier molecular flexibility index (Phi) is 5.23. The molecule has 0 aliphatic rings. The lowest BCUT2D eigenvalue weighted by Gasteiger charge is -2.16. The molecule has 0 bridgehead atoms. The Morgan fingerprint density at radius 3 is 2.32 bits per heavy atom. The van der Waals surface area contributed by atoms with Crippen LogP contribution in [0, 0.1) is 12.7 Å². The van der Waals surface area contributed by atoms with Gasteiger partial charge in [0.25, 0.3) is 0 Å². The van der Waals surface area contributed by atoms with Crippen LogP contribution in [0.3, 0.4) is 0 Å². The molecule has 0 aliphatic carbocycles. The van der Waals surface area contributed by atoms with Crippen LogP contribution in [0.15, 0.2) is 36.4 Å². The highest BCUT2D eigenvalue weighted by Crippen LogP contribution is 2.28. The summed E-state index contributed by atoms with van der Waals surface area (Å²) in [5.41, 5.74) is 4.70. The summed E-state index contributed by atoms with van der Waals surface area (Å²) >= 11 is 0. The van der Waals surface area contributed by atoms with E-state index in [2.05, 4.69) is 45.9 Å². The Hall–Kier alpha value is -1.83. The first-order chi connectivity index (χ1) is 10.4. The minimum Gasteiger partial charge on any atom is -0.497 e. The molecule has 2 heteroatoms. The summed E-state index contributed by atoms with van der Waals surface area (Å²) in [5, 5.41) is 0. The molecule has 0 radical (unpaired) electrons. The number of aryl methyl sites for hydroxylation is 1. The Morgan fingerprint density at radius 1 is 1.00 bits per heavy atom. The molecule has 0 N–H and O–H groups in total. The first kappa shape index (κ1) is 16.5. The van der Waals surface area contributed by atoms with Crippen LogP contribution in [0.1, 0.15) is 54.9 Å². The zero-order chi connectivity index (χ0) is 16.3. The van der Waals surface area contributed by atoms with Gasteiger partial charge in [-0.3, -0.25) is 0 Å². The maximum Gasteiger partial charge on any atom is 0.130 e. The fraction of sp³-hybridized carbons (Fsp3) is 0.400. The van der Waals surface area contributed by atoms with Crippen molar-refractivity contribution in [2.24, 2.45) is 0 Å². The molecule has 0 saturated carbocycles. The summed E-state index contributed by atoms with van der Waals surface area (Å²) in [4.78, 5) is 0. The minimum atomic E-state index is -0.192. The molecule has 1 unspecified atom stereocenters. The highest BCUT2D eigenvalue weighted by Gasteiger charge is 2.14. The average molecular weight is 300 g/mol. The predicted molar refractivity (Wildman–Crippen MR) is 90.3 cm³/mol. The molecule has 0 saturated heterocycles. The molecule has 0 aliphatic heterocycles. The fourth-order valence-corrected chi connectivity index (χ4v) is 2.94. The fourth-order valence-electron chi connectivity index (χ4n) is 2.94. The second-order valence-corrected chi connectivity index (χ2v) is 6.34. The van der Waals surface area contributed by atoms with E-state index in [1.807, 2.05) is 12.1 Å². The largest absolute Gasteiger partial charge is 0.497 e. The van der Waals surface area contributed by atoms with Crippen LogP contribution >= 0.6 is 0 Å². The Morgan fingerprint density at radius 2 is 1.73 bits per heavy atom. The molecule has 22 heavy (non-hydrogen) atoms. The molecule has 0 heterocycles. The number of hydrogen-bond acceptors (Lipinski definition) is 1. The standard InChI is InChI=1S/C20H25FO/c1-13(2)19-11-16(7-6-14(19)3)10-15(4)18-9-8-17(22-5)12-20(18)21/h6-9,11-13,15H,10H2,1-5H3. The van der Waals surface area contributed by atoms with E-state index in [1.54, 1.807) is 7.11 Å². The van der Waals surface area contributed by atoms with Gasteiger partial charge in [0.15, 0.2) is 0 Å². The molecule has 1 atom stereocenters. The minimum absolute atomic E-state index is 0.133. The highest BCUT2D eigenvalue weighted by molar-refractivity contribution is 5.36. The number of halogens is 1. The lowest BCUT2D eigenvalue weighted by atomic mass is 9.89. The lowest BCUT2D eigenvalue weighted by Crippen LogP contribution is -2.03. The molecule has 0 amide bonds. The molecule has 2 rings (SSSR count). The summed E-state index contributed by atoms with van der Waals surface area (Å²) in [6.45, 7) is 8.63. The van der Waals surface area contributed by atoms with Crippen molar-refractivity contribution in [2.75, 3.05) is 7.11 Å². The van der Waals surface area contributed by atoms with Crippen molar-refractivity contribution in [3.05, 3.63) is 64.5 Å². The van der Waals surface area contributed by atoms with E-state index in [1.165, 1.54) is 22.8 Å². The van der Waals surface area contributed by atoms with E-state index in [4.69, 9.17) is 4.74 Å².